The van der Waals surface area contributed by atoms with Gasteiger partial charge in [0, 0.05) is 5.54 Å². The Bertz CT molecular complexity index is 282. The molecule has 17 heavy (non-hydrogen) atoms. The molecule has 0 saturated heterocycles. The quantitative estimate of drug-likeness (QED) is 0.642. The Kier molecular flexibility index (Phi) is 5.41. The number of carboxylic acids is 1. The third-order valence-electron chi connectivity index (χ3n) is 1.78. The van der Waals surface area contributed by atoms with Crippen LogP contribution in [-0.4, -0.2) is 29.3 Å². The number of hydrogen-bond donors (Lipinski definition) is 3. The number of rotatable bonds is 5. The van der Waals surface area contributed by atoms with E-state index in [1.54, 1.807) is 0 Å². The molecule has 0 bridgehead atoms. The van der Waals surface area contributed by atoms with Crippen LogP contribution < -0.4 is 10.8 Å². The van der Waals surface area contributed by atoms with Crippen molar-refractivity contribution in [2.24, 2.45) is 5.41 Å². The number of carbonyl (C=O) groups excluding carboxylic acids is 1. The third-order valence-corrected chi connectivity index (χ3v) is 1.78. The first-order chi connectivity index (χ1) is 7.52. The molecule has 0 radical (unpaired) electrons. The lowest BCUT2D eigenvalue weighted by atomic mass is 9.82. The largest absolute Gasteiger partial charge is 0.479 e. The molecule has 3 N–H and O–H groups in total. The predicted octanol–water partition coefficient (Wildman–Crippen LogP) is 1.52. The van der Waals surface area contributed by atoms with E-state index >= 15 is 0 Å². The first kappa shape index (κ1) is 15.7. The standard InChI is InChI=1S/C11H22N2O4/c1-10(2,3)7-11(4,5)12-9(16)13-17-6-8(14)15/h6-7H2,1-5H3,(H,14,15)(H2,12,13,16). The SMILES string of the molecule is CC(C)(C)CC(C)(C)NC(=O)NOCC(=O)O. The highest BCUT2D eigenvalue weighted by atomic mass is 16.7. The van der Waals surface area contributed by atoms with Gasteiger partial charge in [0.1, 0.15) is 0 Å². The zero-order chi connectivity index (χ0) is 13.7. The second-order valence-electron chi connectivity index (χ2n) is 5.86. The van der Waals surface area contributed by atoms with Crippen molar-refractivity contribution in [1.82, 2.24) is 10.8 Å². The summed E-state index contributed by atoms with van der Waals surface area (Å²) in [4.78, 5) is 26.0. The van der Waals surface area contributed by atoms with Crippen LogP contribution in [0.5, 0.6) is 0 Å². The lowest BCUT2D eigenvalue weighted by Gasteiger charge is -2.33. The molecule has 6 nitrogen and oxygen atoms in total. The summed E-state index contributed by atoms with van der Waals surface area (Å²) in [6, 6.07) is -0.541. The highest BCUT2D eigenvalue weighted by molar-refractivity contribution is 5.74. The van der Waals surface area contributed by atoms with Gasteiger partial charge in [0.25, 0.3) is 0 Å². The summed E-state index contributed by atoms with van der Waals surface area (Å²) in [6.07, 6.45) is 0.784. The number of nitrogens with one attached hydrogen (secondary N) is 2. The molecule has 2 amide bonds. The van der Waals surface area contributed by atoms with Gasteiger partial charge in [-0.15, -0.1) is 0 Å². The minimum absolute atomic E-state index is 0.0820. The van der Waals surface area contributed by atoms with Crippen LogP contribution in [0.4, 0.5) is 4.79 Å². The molecule has 100 valence electrons. The Labute approximate surface area is 102 Å². The van der Waals surface area contributed by atoms with Crippen molar-refractivity contribution in [3.63, 3.8) is 0 Å². The van der Waals surface area contributed by atoms with E-state index in [1.807, 2.05) is 19.3 Å². The molecule has 0 aliphatic rings. The van der Waals surface area contributed by atoms with Crippen molar-refractivity contribution >= 4 is 12.0 Å². The number of carbonyl (C=O) groups is 2. The van der Waals surface area contributed by atoms with Crippen LogP contribution in [0, 0.1) is 5.41 Å². The van der Waals surface area contributed by atoms with E-state index in [-0.39, 0.29) is 5.41 Å². The second kappa shape index (κ2) is 5.86. The minimum Gasteiger partial charge on any atom is -0.479 e. The highest BCUT2D eigenvalue weighted by Crippen LogP contribution is 2.26. The van der Waals surface area contributed by atoms with Crippen LogP contribution in [0.15, 0.2) is 0 Å². The van der Waals surface area contributed by atoms with Gasteiger partial charge in [-0.05, 0) is 25.7 Å². The first-order valence-electron chi connectivity index (χ1n) is 5.44. The van der Waals surface area contributed by atoms with Crippen LogP contribution in [0.2, 0.25) is 0 Å². The Morgan fingerprint density at radius 1 is 1.18 bits per heavy atom. The average molecular weight is 246 g/mol. The summed E-state index contributed by atoms with van der Waals surface area (Å²) in [6.45, 7) is 9.47. The summed E-state index contributed by atoms with van der Waals surface area (Å²) < 4.78 is 0. The molecule has 0 aromatic rings. The summed E-state index contributed by atoms with van der Waals surface area (Å²) in [5, 5.41) is 11.0. The monoisotopic (exact) mass is 246 g/mol. The topological polar surface area (TPSA) is 87.7 Å². The molecule has 6 heteroatoms. The van der Waals surface area contributed by atoms with Crippen LogP contribution in [-0.2, 0) is 9.63 Å². The van der Waals surface area contributed by atoms with E-state index in [1.165, 1.54) is 0 Å². The molecule has 0 spiro atoms. The fourth-order valence-corrected chi connectivity index (χ4v) is 1.87. The first-order valence-corrected chi connectivity index (χ1v) is 5.44. The maximum atomic E-state index is 11.4. The highest BCUT2D eigenvalue weighted by Gasteiger charge is 2.27. The predicted molar refractivity (Wildman–Crippen MR) is 63.4 cm³/mol. The summed E-state index contributed by atoms with van der Waals surface area (Å²) in [7, 11) is 0. The fraction of sp³-hybridized carbons (Fsp3) is 0.818. The van der Waals surface area contributed by atoms with Crippen LogP contribution in [0.3, 0.4) is 0 Å². The molecule has 0 fully saturated rings. The molecule has 0 saturated carbocycles. The van der Waals surface area contributed by atoms with E-state index in [9.17, 15) is 9.59 Å². The van der Waals surface area contributed by atoms with Gasteiger partial charge >= 0.3 is 12.0 Å². The lowest BCUT2D eigenvalue weighted by molar-refractivity contribution is -0.144. The lowest BCUT2D eigenvalue weighted by Crippen LogP contribution is -2.50. The van der Waals surface area contributed by atoms with Crippen molar-refractivity contribution in [3.8, 4) is 0 Å². The smallest absolute Gasteiger partial charge is 0.339 e. The van der Waals surface area contributed by atoms with Gasteiger partial charge in [0.15, 0.2) is 6.61 Å². The Balaban J connectivity index is 4.05. The van der Waals surface area contributed by atoms with Gasteiger partial charge in [-0.3, -0.25) is 4.84 Å². The van der Waals surface area contributed by atoms with Crippen molar-refractivity contribution < 1.29 is 19.5 Å². The molecule has 0 atom stereocenters. The van der Waals surface area contributed by atoms with Crippen molar-refractivity contribution in [2.45, 2.75) is 46.6 Å². The molecule has 0 aliphatic carbocycles. The number of urea groups is 1. The minimum atomic E-state index is -1.14. The molecule has 0 aromatic heterocycles. The normalized spacial score (nSPS) is 12.1. The molecule has 0 rings (SSSR count). The van der Waals surface area contributed by atoms with E-state index in [0.717, 1.165) is 6.42 Å². The second-order valence-corrected chi connectivity index (χ2v) is 5.86. The Morgan fingerprint density at radius 2 is 1.71 bits per heavy atom. The van der Waals surface area contributed by atoms with Gasteiger partial charge in [0.05, 0.1) is 0 Å². The number of carboxylic acid groups (broad SMARTS) is 1. The fourth-order valence-electron chi connectivity index (χ4n) is 1.87. The Hall–Kier alpha value is -1.30. The zero-order valence-corrected chi connectivity index (χ0v) is 11.1. The van der Waals surface area contributed by atoms with Crippen LogP contribution >= 0.6 is 0 Å². The number of hydroxylamine groups is 1. The van der Waals surface area contributed by atoms with E-state index < -0.39 is 24.1 Å². The van der Waals surface area contributed by atoms with Gasteiger partial charge in [-0.2, -0.15) is 0 Å². The maximum absolute atomic E-state index is 11.4. The van der Waals surface area contributed by atoms with Gasteiger partial charge < -0.3 is 10.4 Å². The van der Waals surface area contributed by atoms with Crippen molar-refractivity contribution in [3.05, 3.63) is 0 Å². The molecule has 0 heterocycles. The maximum Gasteiger partial charge on any atom is 0.339 e. The molecule has 0 unspecified atom stereocenters. The van der Waals surface area contributed by atoms with E-state index in [4.69, 9.17) is 5.11 Å². The third kappa shape index (κ3) is 9.62. The van der Waals surface area contributed by atoms with E-state index in [2.05, 4.69) is 30.9 Å². The molecular weight excluding hydrogens is 224 g/mol. The van der Waals surface area contributed by atoms with Crippen molar-refractivity contribution in [2.75, 3.05) is 6.61 Å². The number of hydrogen-bond acceptors (Lipinski definition) is 3. The number of amides is 2. The Morgan fingerprint density at radius 3 is 2.12 bits per heavy atom. The average Bonchev–Trinajstić information content (AvgIpc) is 1.95. The van der Waals surface area contributed by atoms with Gasteiger partial charge in [-0.1, -0.05) is 20.8 Å². The van der Waals surface area contributed by atoms with E-state index in [0.29, 0.717) is 0 Å². The van der Waals surface area contributed by atoms with Gasteiger partial charge in [0.2, 0.25) is 0 Å². The zero-order valence-electron chi connectivity index (χ0n) is 11.1. The van der Waals surface area contributed by atoms with Gasteiger partial charge in [-0.25, -0.2) is 15.1 Å². The molecule has 0 aliphatic heterocycles. The molecule has 0 aromatic carbocycles. The van der Waals surface area contributed by atoms with Crippen LogP contribution in [0.25, 0.3) is 0 Å². The summed E-state index contributed by atoms with van der Waals surface area (Å²) in [5.74, 6) is -1.14. The molecular formula is C11H22N2O4. The van der Waals surface area contributed by atoms with Crippen molar-refractivity contribution in [1.29, 1.82) is 0 Å². The summed E-state index contributed by atoms with van der Waals surface area (Å²) >= 11 is 0. The number of aliphatic carboxylic acids is 1. The van der Waals surface area contributed by atoms with Crippen LogP contribution in [0.1, 0.15) is 41.0 Å². The summed E-state index contributed by atoms with van der Waals surface area (Å²) in [5.41, 5.74) is 1.71.